The van der Waals surface area contributed by atoms with Crippen LogP contribution in [0.2, 0.25) is 0 Å². The normalized spacial score (nSPS) is 9.44. The Hall–Kier alpha value is -0.700. The van der Waals surface area contributed by atoms with Gasteiger partial charge in [0.05, 0.1) is 6.26 Å². The minimum Gasteiger partial charge on any atom is -0.461 e. The third kappa shape index (κ3) is 1.16. The third-order valence-corrected chi connectivity index (χ3v) is 1.40. The van der Waals surface area contributed by atoms with E-state index in [1.54, 1.807) is 6.07 Å². The SMILES string of the molecule is O=Cc1occc1CS. The van der Waals surface area contributed by atoms with Crippen LogP contribution in [-0.2, 0) is 5.75 Å². The van der Waals surface area contributed by atoms with Crippen LogP contribution >= 0.6 is 12.6 Å². The Morgan fingerprint density at radius 3 is 3.00 bits per heavy atom. The summed E-state index contributed by atoms with van der Waals surface area (Å²) in [6.45, 7) is 0. The zero-order valence-corrected chi connectivity index (χ0v) is 5.60. The number of hydrogen-bond donors (Lipinski definition) is 1. The van der Waals surface area contributed by atoms with E-state index in [9.17, 15) is 4.79 Å². The Morgan fingerprint density at radius 1 is 1.78 bits per heavy atom. The summed E-state index contributed by atoms with van der Waals surface area (Å²) in [5.41, 5.74) is 0.841. The Morgan fingerprint density at radius 2 is 2.56 bits per heavy atom. The van der Waals surface area contributed by atoms with Crippen LogP contribution in [0.3, 0.4) is 0 Å². The molecule has 1 rings (SSSR count). The summed E-state index contributed by atoms with van der Waals surface area (Å²) >= 11 is 3.98. The maximum atomic E-state index is 10.1. The summed E-state index contributed by atoms with van der Waals surface area (Å²) < 4.78 is 4.79. The monoisotopic (exact) mass is 142 g/mol. The number of hydrogen-bond acceptors (Lipinski definition) is 3. The molecular formula is C6H6O2S. The molecule has 0 unspecified atom stereocenters. The molecule has 1 aromatic rings. The molecule has 0 aliphatic rings. The van der Waals surface area contributed by atoms with E-state index in [0.717, 1.165) is 5.56 Å². The molecule has 0 bridgehead atoms. The van der Waals surface area contributed by atoms with Crippen LogP contribution in [0.5, 0.6) is 0 Å². The van der Waals surface area contributed by atoms with Gasteiger partial charge in [0.2, 0.25) is 0 Å². The molecular weight excluding hydrogens is 136 g/mol. The first kappa shape index (κ1) is 6.42. The van der Waals surface area contributed by atoms with Crippen molar-refractivity contribution < 1.29 is 9.21 Å². The number of carbonyl (C=O) groups is 1. The molecule has 3 heteroatoms. The smallest absolute Gasteiger partial charge is 0.185 e. The maximum absolute atomic E-state index is 10.1. The molecule has 0 aliphatic carbocycles. The Balaban J connectivity index is 2.98. The minimum absolute atomic E-state index is 0.380. The van der Waals surface area contributed by atoms with Crippen molar-refractivity contribution in [1.82, 2.24) is 0 Å². The van der Waals surface area contributed by atoms with Crippen LogP contribution in [-0.4, -0.2) is 6.29 Å². The van der Waals surface area contributed by atoms with Crippen LogP contribution < -0.4 is 0 Å². The lowest BCUT2D eigenvalue weighted by Crippen LogP contribution is -1.79. The average Bonchev–Trinajstić information content (AvgIpc) is 2.33. The Bertz CT molecular complexity index is 205. The molecule has 0 saturated carbocycles. The Labute approximate surface area is 58.3 Å². The summed E-state index contributed by atoms with van der Waals surface area (Å²) in [5, 5.41) is 0. The fraction of sp³-hybridized carbons (Fsp3) is 0.167. The van der Waals surface area contributed by atoms with Gasteiger partial charge in [0.15, 0.2) is 12.0 Å². The van der Waals surface area contributed by atoms with Crippen molar-refractivity contribution in [3.05, 3.63) is 23.7 Å². The van der Waals surface area contributed by atoms with Crippen molar-refractivity contribution in [3.63, 3.8) is 0 Å². The van der Waals surface area contributed by atoms with E-state index in [-0.39, 0.29) is 0 Å². The van der Waals surface area contributed by atoms with Gasteiger partial charge in [-0.3, -0.25) is 4.79 Å². The van der Waals surface area contributed by atoms with Crippen LogP contribution in [0.1, 0.15) is 16.1 Å². The molecule has 1 aromatic heterocycles. The molecule has 0 N–H and O–H groups in total. The van der Waals surface area contributed by atoms with E-state index in [0.29, 0.717) is 17.8 Å². The third-order valence-electron chi connectivity index (χ3n) is 1.06. The number of aldehydes is 1. The average molecular weight is 142 g/mol. The topological polar surface area (TPSA) is 30.2 Å². The van der Waals surface area contributed by atoms with Gasteiger partial charge < -0.3 is 4.42 Å². The molecule has 0 amide bonds. The van der Waals surface area contributed by atoms with E-state index < -0.39 is 0 Å². The Kier molecular flexibility index (Phi) is 1.95. The van der Waals surface area contributed by atoms with Crippen molar-refractivity contribution in [2.45, 2.75) is 5.75 Å². The molecule has 0 aromatic carbocycles. The molecule has 1 heterocycles. The zero-order valence-electron chi connectivity index (χ0n) is 4.70. The summed E-state index contributed by atoms with van der Waals surface area (Å²) in [5.74, 6) is 0.926. The van der Waals surface area contributed by atoms with Gasteiger partial charge in [-0.05, 0) is 6.07 Å². The first-order valence-electron chi connectivity index (χ1n) is 2.51. The fourth-order valence-electron chi connectivity index (χ4n) is 0.581. The predicted molar refractivity (Wildman–Crippen MR) is 36.8 cm³/mol. The quantitative estimate of drug-likeness (QED) is 0.501. The molecule has 2 nitrogen and oxygen atoms in total. The van der Waals surface area contributed by atoms with Gasteiger partial charge in [-0.2, -0.15) is 12.6 Å². The van der Waals surface area contributed by atoms with E-state index in [1.807, 2.05) is 0 Å². The van der Waals surface area contributed by atoms with Crippen LogP contribution in [0.4, 0.5) is 0 Å². The number of thiol groups is 1. The van der Waals surface area contributed by atoms with Crippen molar-refractivity contribution >= 4 is 18.9 Å². The highest BCUT2D eigenvalue weighted by molar-refractivity contribution is 7.79. The molecule has 0 aliphatic heterocycles. The van der Waals surface area contributed by atoms with Crippen LogP contribution in [0.15, 0.2) is 16.7 Å². The maximum Gasteiger partial charge on any atom is 0.185 e. The summed E-state index contributed by atoms with van der Waals surface area (Å²) in [6, 6.07) is 1.73. The van der Waals surface area contributed by atoms with Crippen molar-refractivity contribution in [2.24, 2.45) is 0 Å². The fourth-order valence-corrected chi connectivity index (χ4v) is 0.843. The molecule has 48 valence electrons. The van der Waals surface area contributed by atoms with E-state index >= 15 is 0 Å². The van der Waals surface area contributed by atoms with Gasteiger partial charge >= 0.3 is 0 Å². The molecule has 0 spiro atoms. The summed E-state index contributed by atoms with van der Waals surface area (Å²) in [4.78, 5) is 10.1. The molecule has 0 atom stereocenters. The van der Waals surface area contributed by atoms with Crippen LogP contribution in [0, 0.1) is 0 Å². The number of rotatable bonds is 2. The largest absolute Gasteiger partial charge is 0.461 e. The van der Waals surface area contributed by atoms with E-state index in [1.165, 1.54) is 6.26 Å². The second-order valence-electron chi connectivity index (χ2n) is 1.59. The summed E-state index contributed by atoms with van der Waals surface area (Å²) in [7, 11) is 0. The van der Waals surface area contributed by atoms with Crippen molar-refractivity contribution in [2.75, 3.05) is 0 Å². The zero-order chi connectivity index (χ0) is 6.69. The first-order valence-corrected chi connectivity index (χ1v) is 3.14. The summed E-state index contributed by atoms with van der Waals surface area (Å²) in [6.07, 6.45) is 2.17. The van der Waals surface area contributed by atoms with Gasteiger partial charge in [0.1, 0.15) is 0 Å². The lowest BCUT2D eigenvalue weighted by atomic mass is 10.3. The highest BCUT2D eigenvalue weighted by Gasteiger charge is 2.00. The second-order valence-corrected chi connectivity index (χ2v) is 1.90. The number of carbonyl (C=O) groups excluding carboxylic acids is 1. The molecule has 9 heavy (non-hydrogen) atoms. The van der Waals surface area contributed by atoms with Gasteiger partial charge in [0.25, 0.3) is 0 Å². The number of furan rings is 1. The highest BCUT2D eigenvalue weighted by atomic mass is 32.1. The van der Waals surface area contributed by atoms with E-state index in [4.69, 9.17) is 4.42 Å². The van der Waals surface area contributed by atoms with Gasteiger partial charge in [-0.1, -0.05) is 0 Å². The molecule has 0 saturated heterocycles. The molecule has 0 radical (unpaired) electrons. The van der Waals surface area contributed by atoms with E-state index in [2.05, 4.69) is 12.6 Å². The van der Waals surface area contributed by atoms with Crippen LogP contribution in [0.25, 0.3) is 0 Å². The van der Waals surface area contributed by atoms with Crippen molar-refractivity contribution in [3.8, 4) is 0 Å². The van der Waals surface area contributed by atoms with Gasteiger partial charge in [-0.15, -0.1) is 0 Å². The predicted octanol–water partition coefficient (Wildman–Crippen LogP) is 1.52. The van der Waals surface area contributed by atoms with Gasteiger partial charge in [-0.25, -0.2) is 0 Å². The highest BCUT2D eigenvalue weighted by Crippen LogP contribution is 2.09. The standard InChI is InChI=1S/C6H6O2S/c7-3-6-5(4-9)1-2-8-6/h1-3,9H,4H2. The molecule has 0 fully saturated rings. The van der Waals surface area contributed by atoms with Crippen molar-refractivity contribution in [1.29, 1.82) is 0 Å². The minimum atomic E-state index is 0.380. The first-order chi connectivity index (χ1) is 4.38. The van der Waals surface area contributed by atoms with Gasteiger partial charge in [0, 0.05) is 11.3 Å². The second kappa shape index (κ2) is 2.73. The lowest BCUT2D eigenvalue weighted by molar-refractivity contribution is 0.109. The lowest BCUT2D eigenvalue weighted by Gasteiger charge is -1.85.